The van der Waals surface area contributed by atoms with E-state index in [4.69, 9.17) is 9.15 Å². The summed E-state index contributed by atoms with van der Waals surface area (Å²) in [4.78, 5) is 10.3. The average Bonchev–Trinajstić information content (AvgIpc) is 3.24. The van der Waals surface area contributed by atoms with E-state index in [1.807, 2.05) is 24.3 Å². The monoisotopic (exact) mass is 445 g/mol. The zero-order chi connectivity index (χ0) is 22.1. The first kappa shape index (κ1) is 20.8. The number of halogens is 3. The molecule has 1 saturated heterocycles. The molecule has 10 heteroatoms. The van der Waals surface area contributed by atoms with Crippen LogP contribution in [0.25, 0.3) is 11.5 Å². The van der Waals surface area contributed by atoms with Crippen molar-refractivity contribution in [2.24, 2.45) is 0 Å². The highest BCUT2D eigenvalue weighted by molar-refractivity contribution is 5.64. The zero-order valence-electron chi connectivity index (χ0n) is 17.2. The van der Waals surface area contributed by atoms with Crippen LogP contribution in [0, 0.1) is 0 Å². The minimum atomic E-state index is -4.60. The van der Waals surface area contributed by atoms with Crippen molar-refractivity contribution >= 4 is 17.3 Å². The Morgan fingerprint density at radius 1 is 1.09 bits per heavy atom. The second-order valence-corrected chi connectivity index (χ2v) is 7.71. The lowest BCUT2D eigenvalue weighted by molar-refractivity contribution is -0.137. The van der Waals surface area contributed by atoms with Gasteiger partial charge in [0, 0.05) is 55.7 Å². The minimum absolute atomic E-state index is 0.0691. The normalized spacial score (nSPS) is 16.7. The Morgan fingerprint density at radius 3 is 2.59 bits per heavy atom. The van der Waals surface area contributed by atoms with Gasteiger partial charge in [-0.1, -0.05) is 0 Å². The van der Waals surface area contributed by atoms with E-state index in [2.05, 4.69) is 25.5 Å². The lowest BCUT2D eigenvalue weighted by Gasteiger charge is -2.28. The maximum Gasteiger partial charge on any atom is 0.420 e. The summed E-state index contributed by atoms with van der Waals surface area (Å²) in [7, 11) is 0. The molecule has 5 rings (SSSR count). The summed E-state index contributed by atoms with van der Waals surface area (Å²) >= 11 is 0. The number of alkyl halides is 3. The number of hydrogen-bond acceptors (Lipinski definition) is 7. The van der Waals surface area contributed by atoms with E-state index in [-0.39, 0.29) is 17.4 Å². The van der Waals surface area contributed by atoms with Crippen LogP contribution >= 0.6 is 0 Å². The highest BCUT2D eigenvalue weighted by Crippen LogP contribution is 2.38. The SMILES string of the molecule is FC(F)(F)c1cnc(Nc2ccc(N3CCOCC3)cc2)nc1-c1cc2c(o1)CCNC2. The van der Waals surface area contributed by atoms with Crippen LogP contribution < -0.4 is 15.5 Å². The van der Waals surface area contributed by atoms with Gasteiger partial charge in [0.05, 0.1) is 13.2 Å². The van der Waals surface area contributed by atoms with Gasteiger partial charge in [0.2, 0.25) is 5.95 Å². The number of nitrogens with one attached hydrogen (secondary N) is 2. The smallest absolute Gasteiger partial charge is 0.420 e. The van der Waals surface area contributed by atoms with Gasteiger partial charge in [-0.2, -0.15) is 13.2 Å². The van der Waals surface area contributed by atoms with Crippen molar-refractivity contribution in [3.8, 4) is 11.5 Å². The Bertz CT molecular complexity index is 1070. The molecule has 0 aliphatic carbocycles. The van der Waals surface area contributed by atoms with Gasteiger partial charge < -0.3 is 24.7 Å². The molecule has 0 unspecified atom stereocenters. The highest BCUT2D eigenvalue weighted by atomic mass is 19.4. The number of rotatable bonds is 4. The lowest BCUT2D eigenvalue weighted by atomic mass is 10.1. The lowest BCUT2D eigenvalue weighted by Crippen LogP contribution is -2.36. The zero-order valence-corrected chi connectivity index (χ0v) is 17.2. The van der Waals surface area contributed by atoms with E-state index < -0.39 is 11.7 Å². The van der Waals surface area contributed by atoms with Crippen LogP contribution in [-0.2, 0) is 23.9 Å². The quantitative estimate of drug-likeness (QED) is 0.629. The van der Waals surface area contributed by atoms with Crippen LogP contribution in [-0.4, -0.2) is 42.8 Å². The summed E-state index contributed by atoms with van der Waals surface area (Å²) < 4.78 is 52.0. The van der Waals surface area contributed by atoms with E-state index in [0.717, 1.165) is 37.1 Å². The van der Waals surface area contributed by atoms with Gasteiger partial charge in [-0.15, -0.1) is 0 Å². The first-order valence-corrected chi connectivity index (χ1v) is 10.4. The molecule has 1 fully saturated rings. The molecule has 32 heavy (non-hydrogen) atoms. The van der Waals surface area contributed by atoms with E-state index in [9.17, 15) is 13.2 Å². The Morgan fingerprint density at radius 2 is 1.88 bits per heavy atom. The van der Waals surface area contributed by atoms with Gasteiger partial charge in [0.1, 0.15) is 17.0 Å². The van der Waals surface area contributed by atoms with Crippen LogP contribution in [0.15, 0.2) is 40.9 Å². The summed E-state index contributed by atoms with van der Waals surface area (Å²) in [6.07, 6.45) is -3.17. The van der Waals surface area contributed by atoms with Crippen molar-refractivity contribution in [2.45, 2.75) is 19.1 Å². The van der Waals surface area contributed by atoms with Crippen molar-refractivity contribution in [1.82, 2.24) is 15.3 Å². The Kier molecular flexibility index (Phi) is 5.48. The van der Waals surface area contributed by atoms with E-state index in [1.165, 1.54) is 0 Å². The number of furan rings is 1. The predicted octanol–water partition coefficient (Wildman–Crippen LogP) is 3.98. The number of ether oxygens (including phenoxy) is 1. The molecule has 0 bridgehead atoms. The third-order valence-corrected chi connectivity index (χ3v) is 5.57. The van der Waals surface area contributed by atoms with Gasteiger partial charge >= 0.3 is 6.18 Å². The molecular weight excluding hydrogens is 423 g/mol. The van der Waals surface area contributed by atoms with E-state index in [0.29, 0.717) is 37.6 Å². The molecule has 1 aromatic carbocycles. The van der Waals surface area contributed by atoms with Crippen molar-refractivity contribution in [3.63, 3.8) is 0 Å². The fourth-order valence-corrected chi connectivity index (χ4v) is 3.91. The van der Waals surface area contributed by atoms with Gasteiger partial charge in [0.25, 0.3) is 0 Å². The number of benzene rings is 1. The molecular formula is C22H22F3N5O2. The fourth-order valence-electron chi connectivity index (χ4n) is 3.91. The summed E-state index contributed by atoms with van der Waals surface area (Å²) in [6.45, 7) is 4.31. The molecule has 2 N–H and O–H groups in total. The van der Waals surface area contributed by atoms with Crippen molar-refractivity contribution in [3.05, 3.63) is 53.4 Å². The van der Waals surface area contributed by atoms with Crippen molar-refractivity contribution in [1.29, 1.82) is 0 Å². The molecule has 2 aliphatic heterocycles. The van der Waals surface area contributed by atoms with Crippen molar-refractivity contribution in [2.75, 3.05) is 43.1 Å². The highest BCUT2D eigenvalue weighted by Gasteiger charge is 2.37. The standard InChI is InChI=1S/C22H22F3N5O2/c23-22(24,25)17-13-27-21(29-20(17)19-11-14-12-26-6-5-18(14)32-19)28-15-1-3-16(4-2-15)30-7-9-31-10-8-30/h1-4,11,13,26H,5-10,12H2,(H,27,28,29). The molecule has 168 valence electrons. The fraction of sp³-hybridized carbons (Fsp3) is 0.364. The molecule has 0 saturated carbocycles. The number of hydrogen-bond donors (Lipinski definition) is 2. The Hall–Kier alpha value is -3.11. The summed E-state index contributed by atoms with van der Waals surface area (Å²) in [5.41, 5.74) is 1.39. The predicted molar refractivity (Wildman–Crippen MR) is 113 cm³/mol. The van der Waals surface area contributed by atoms with Crippen LogP contribution in [0.2, 0.25) is 0 Å². The van der Waals surface area contributed by atoms with Gasteiger partial charge in [-0.25, -0.2) is 9.97 Å². The molecule has 7 nitrogen and oxygen atoms in total. The second-order valence-electron chi connectivity index (χ2n) is 7.71. The molecule has 0 radical (unpaired) electrons. The van der Waals surface area contributed by atoms with Crippen LogP contribution in [0.1, 0.15) is 16.9 Å². The number of fused-ring (bicyclic) bond motifs is 1. The second kappa shape index (κ2) is 8.44. The first-order valence-electron chi connectivity index (χ1n) is 10.4. The molecule has 0 spiro atoms. The molecule has 2 aromatic heterocycles. The number of nitrogens with zero attached hydrogens (tertiary/aromatic N) is 3. The Balaban J connectivity index is 1.42. The molecule has 2 aliphatic rings. The number of morpholine rings is 1. The van der Waals surface area contributed by atoms with Gasteiger partial charge in [-0.05, 0) is 30.3 Å². The van der Waals surface area contributed by atoms with Gasteiger partial charge in [0.15, 0.2) is 5.76 Å². The third-order valence-electron chi connectivity index (χ3n) is 5.57. The van der Waals surface area contributed by atoms with Crippen LogP contribution in [0.3, 0.4) is 0 Å². The van der Waals surface area contributed by atoms with Crippen LogP contribution in [0.4, 0.5) is 30.5 Å². The van der Waals surface area contributed by atoms with Gasteiger partial charge in [-0.3, -0.25) is 0 Å². The third kappa shape index (κ3) is 4.28. The minimum Gasteiger partial charge on any atom is -0.459 e. The molecule has 0 atom stereocenters. The topological polar surface area (TPSA) is 75.5 Å². The molecule has 4 heterocycles. The molecule has 0 amide bonds. The van der Waals surface area contributed by atoms with Crippen LogP contribution in [0.5, 0.6) is 0 Å². The number of aromatic nitrogens is 2. The van der Waals surface area contributed by atoms with E-state index in [1.54, 1.807) is 6.07 Å². The largest absolute Gasteiger partial charge is 0.459 e. The number of anilines is 3. The summed E-state index contributed by atoms with van der Waals surface area (Å²) in [6, 6.07) is 9.23. The first-order chi connectivity index (χ1) is 15.5. The summed E-state index contributed by atoms with van der Waals surface area (Å²) in [5.74, 6) is 0.859. The Labute approximate surface area is 182 Å². The van der Waals surface area contributed by atoms with Crippen molar-refractivity contribution < 1.29 is 22.3 Å². The molecule has 3 aromatic rings. The average molecular weight is 445 g/mol. The maximum atomic E-state index is 13.6. The maximum absolute atomic E-state index is 13.6. The summed E-state index contributed by atoms with van der Waals surface area (Å²) in [5, 5.41) is 6.18. The van der Waals surface area contributed by atoms with E-state index >= 15 is 0 Å².